The summed E-state index contributed by atoms with van der Waals surface area (Å²) in [7, 11) is 0. The molecule has 0 aliphatic rings. The van der Waals surface area contributed by atoms with Crippen molar-refractivity contribution in [2.75, 3.05) is 5.32 Å². The molecule has 0 aliphatic carbocycles. The van der Waals surface area contributed by atoms with Crippen LogP contribution < -0.4 is 5.32 Å². The SMILES string of the molecule is CCc1cc(NC(=O)c2ccc(-n3cccc3)cc2)n[nH]1. The normalized spacial score (nSPS) is 10.5. The number of aromatic amines is 1. The Morgan fingerprint density at radius 3 is 2.57 bits per heavy atom. The summed E-state index contributed by atoms with van der Waals surface area (Å²) in [5.41, 5.74) is 2.62. The Hall–Kier alpha value is -2.82. The maximum absolute atomic E-state index is 12.1. The Labute approximate surface area is 122 Å². The van der Waals surface area contributed by atoms with Gasteiger partial charge in [-0.05, 0) is 42.8 Å². The third-order valence-electron chi connectivity index (χ3n) is 3.29. The van der Waals surface area contributed by atoms with E-state index in [4.69, 9.17) is 0 Å². The number of carbonyl (C=O) groups excluding carboxylic acids is 1. The number of nitrogens with zero attached hydrogens (tertiary/aromatic N) is 2. The van der Waals surface area contributed by atoms with Gasteiger partial charge in [-0.3, -0.25) is 9.89 Å². The lowest BCUT2D eigenvalue weighted by Gasteiger charge is -2.05. The molecule has 21 heavy (non-hydrogen) atoms. The van der Waals surface area contributed by atoms with Crippen molar-refractivity contribution >= 4 is 11.7 Å². The van der Waals surface area contributed by atoms with Gasteiger partial charge in [-0.15, -0.1) is 0 Å². The van der Waals surface area contributed by atoms with E-state index in [0.29, 0.717) is 11.4 Å². The van der Waals surface area contributed by atoms with Crippen LogP contribution in [0.5, 0.6) is 0 Å². The fourth-order valence-electron chi connectivity index (χ4n) is 2.09. The van der Waals surface area contributed by atoms with Crippen LogP contribution in [-0.2, 0) is 6.42 Å². The standard InChI is InChI=1S/C16H16N4O/c1-2-13-11-15(19-18-13)17-16(21)12-5-7-14(8-6-12)20-9-3-4-10-20/h3-11H,2H2,1H3,(H2,17,18,19,21). The molecule has 2 aromatic heterocycles. The van der Waals surface area contributed by atoms with Gasteiger partial charge >= 0.3 is 0 Å². The van der Waals surface area contributed by atoms with Crippen molar-refractivity contribution < 1.29 is 4.79 Å². The minimum absolute atomic E-state index is 0.164. The number of carbonyl (C=O) groups is 1. The summed E-state index contributed by atoms with van der Waals surface area (Å²) in [6.07, 6.45) is 4.78. The van der Waals surface area contributed by atoms with E-state index in [-0.39, 0.29) is 5.91 Å². The third-order valence-corrected chi connectivity index (χ3v) is 3.29. The number of benzene rings is 1. The van der Waals surface area contributed by atoms with E-state index in [2.05, 4.69) is 15.5 Å². The van der Waals surface area contributed by atoms with E-state index in [1.165, 1.54) is 0 Å². The molecule has 3 aromatic rings. The number of aryl methyl sites for hydroxylation is 1. The number of H-pyrrole nitrogens is 1. The second kappa shape index (κ2) is 5.66. The predicted molar refractivity (Wildman–Crippen MR) is 81.7 cm³/mol. The Balaban J connectivity index is 1.73. The lowest BCUT2D eigenvalue weighted by molar-refractivity contribution is 0.102. The number of aromatic nitrogens is 3. The van der Waals surface area contributed by atoms with Crippen LogP contribution in [0.2, 0.25) is 0 Å². The summed E-state index contributed by atoms with van der Waals surface area (Å²) in [4.78, 5) is 12.1. The molecule has 0 unspecified atom stereocenters. The van der Waals surface area contributed by atoms with Crippen LogP contribution in [0, 0.1) is 0 Å². The van der Waals surface area contributed by atoms with Crippen molar-refractivity contribution in [3.8, 4) is 5.69 Å². The van der Waals surface area contributed by atoms with Gasteiger partial charge in [0.25, 0.3) is 5.91 Å². The minimum Gasteiger partial charge on any atom is -0.324 e. The minimum atomic E-state index is -0.164. The van der Waals surface area contributed by atoms with Gasteiger partial charge in [-0.1, -0.05) is 6.92 Å². The molecule has 1 aromatic carbocycles. The van der Waals surface area contributed by atoms with Crippen molar-refractivity contribution in [3.63, 3.8) is 0 Å². The Kier molecular flexibility index (Phi) is 3.55. The van der Waals surface area contributed by atoms with Gasteiger partial charge in [0.15, 0.2) is 5.82 Å². The molecule has 3 rings (SSSR count). The Bertz CT molecular complexity index is 726. The number of hydrogen-bond donors (Lipinski definition) is 2. The van der Waals surface area contributed by atoms with Gasteiger partial charge in [0.1, 0.15) is 0 Å². The summed E-state index contributed by atoms with van der Waals surface area (Å²) < 4.78 is 1.99. The molecule has 2 heterocycles. The first-order valence-corrected chi connectivity index (χ1v) is 6.85. The van der Waals surface area contributed by atoms with Crippen molar-refractivity contribution in [1.82, 2.24) is 14.8 Å². The number of hydrogen-bond acceptors (Lipinski definition) is 2. The van der Waals surface area contributed by atoms with Crippen LogP contribution in [0.25, 0.3) is 5.69 Å². The van der Waals surface area contributed by atoms with E-state index < -0.39 is 0 Å². The first-order valence-electron chi connectivity index (χ1n) is 6.85. The zero-order valence-corrected chi connectivity index (χ0v) is 11.7. The maximum atomic E-state index is 12.1. The molecule has 106 valence electrons. The Morgan fingerprint density at radius 2 is 1.95 bits per heavy atom. The van der Waals surface area contributed by atoms with E-state index in [1.54, 1.807) is 12.1 Å². The monoisotopic (exact) mass is 280 g/mol. The highest BCUT2D eigenvalue weighted by Gasteiger charge is 2.08. The van der Waals surface area contributed by atoms with Crippen LogP contribution >= 0.6 is 0 Å². The topological polar surface area (TPSA) is 62.7 Å². The lowest BCUT2D eigenvalue weighted by atomic mass is 10.2. The van der Waals surface area contributed by atoms with Crippen LogP contribution in [0.4, 0.5) is 5.82 Å². The van der Waals surface area contributed by atoms with E-state index in [9.17, 15) is 4.79 Å². The molecule has 2 N–H and O–H groups in total. The molecule has 5 nitrogen and oxygen atoms in total. The van der Waals surface area contributed by atoms with Crippen molar-refractivity contribution in [2.45, 2.75) is 13.3 Å². The van der Waals surface area contributed by atoms with Gasteiger partial charge < -0.3 is 9.88 Å². The van der Waals surface area contributed by atoms with Gasteiger partial charge in [-0.25, -0.2) is 0 Å². The van der Waals surface area contributed by atoms with Crippen LogP contribution in [0.3, 0.4) is 0 Å². The highest BCUT2D eigenvalue weighted by molar-refractivity contribution is 6.03. The summed E-state index contributed by atoms with van der Waals surface area (Å²) in [5, 5.41) is 9.70. The molecular weight excluding hydrogens is 264 g/mol. The zero-order chi connectivity index (χ0) is 14.7. The molecule has 0 bridgehead atoms. The first-order chi connectivity index (χ1) is 10.3. The molecule has 0 spiro atoms. The molecule has 5 heteroatoms. The fourth-order valence-corrected chi connectivity index (χ4v) is 2.09. The molecule has 0 saturated carbocycles. The predicted octanol–water partition coefficient (Wildman–Crippen LogP) is 3.02. The van der Waals surface area contributed by atoms with Crippen LogP contribution in [0.1, 0.15) is 23.0 Å². The highest BCUT2D eigenvalue weighted by atomic mass is 16.1. The molecule has 1 amide bonds. The van der Waals surface area contributed by atoms with E-state index in [0.717, 1.165) is 17.8 Å². The average Bonchev–Trinajstić information content (AvgIpc) is 3.19. The quantitative estimate of drug-likeness (QED) is 0.771. The lowest BCUT2D eigenvalue weighted by Crippen LogP contribution is -2.12. The fraction of sp³-hybridized carbons (Fsp3) is 0.125. The molecule has 0 aliphatic heterocycles. The molecule has 0 saturated heterocycles. The number of anilines is 1. The van der Waals surface area contributed by atoms with Crippen LogP contribution in [0.15, 0.2) is 54.9 Å². The van der Waals surface area contributed by atoms with Crippen molar-refractivity contribution in [3.05, 3.63) is 66.1 Å². The second-order valence-electron chi connectivity index (χ2n) is 4.72. The highest BCUT2D eigenvalue weighted by Crippen LogP contribution is 2.12. The van der Waals surface area contributed by atoms with Crippen molar-refractivity contribution in [2.24, 2.45) is 0 Å². The number of rotatable bonds is 4. The van der Waals surface area contributed by atoms with Crippen molar-refractivity contribution in [1.29, 1.82) is 0 Å². The molecular formula is C16H16N4O. The molecule has 0 fully saturated rings. The average molecular weight is 280 g/mol. The smallest absolute Gasteiger partial charge is 0.256 e. The second-order valence-corrected chi connectivity index (χ2v) is 4.72. The number of amides is 1. The molecule has 0 radical (unpaired) electrons. The zero-order valence-electron chi connectivity index (χ0n) is 11.7. The number of nitrogens with one attached hydrogen (secondary N) is 2. The van der Waals surface area contributed by atoms with Gasteiger partial charge in [0.05, 0.1) is 0 Å². The Morgan fingerprint density at radius 1 is 1.24 bits per heavy atom. The molecule has 0 atom stereocenters. The largest absolute Gasteiger partial charge is 0.324 e. The first kappa shape index (κ1) is 13.2. The van der Waals surface area contributed by atoms with Gasteiger partial charge in [-0.2, -0.15) is 5.10 Å². The maximum Gasteiger partial charge on any atom is 0.256 e. The van der Waals surface area contributed by atoms with E-state index in [1.807, 2.05) is 54.2 Å². The van der Waals surface area contributed by atoms with E-state index >= 15 is 0 Å². The summed E-state index contributed by atoms with van der Waals surface area (Å²) in [6.45, 7) is 2.03. The summed E-state index contributed by atoms with van der Waals surface area (Å²) >= 11 is 0. The summed E-state index contributed by atoms with van der Waals surface area (Å²) in [6, 6.07) is 13.2. The van der Waals surface area contributed by atoms with Gasteiger partial charge in [0.2, 0.25) is 0 Å². The summed E-state index contributed by atoms with van der Waals surface area (Å²) in [5.74, 6) is 0.384. The van der Waals surface area contributed by atoms with Gasteiger partial charge in [0, 0.05) is 35.4 Å². The van der Waals surface area contributed by atoms with Crippen LogP contribution in [-0.4, -0.2) is 20.7 Å². The third kappa shape index (κ3) is 2.86.